The fourth-order valence-electron chi connectivity index (χ4n) is 1.94. The molecule has 0 N–H and O–H groups in total. The first kappa shape index (κ1) is 15.0. The van der Waals surface area contributed by atoms with E-state index in [1.165, 1.54) is 15.6 Å². The maximum Gasteiger partial charge on any atom is 0.265 e. The van der Waals surface area contributed by atoms with E-state index in [4.69, 9.17) is 0 Å². The minimum absolute atomic E-state index is 0.0320. The molecule has 1 aromatic rings. The number of sulfonamides is 1. The second-order valence-electron chi connectivity index (χ2n) is 4.19. The van der Waals surface area contributed by atoms with Crippen LogP contribution < -0.4 is 0 Å². The van der Waals surface area contributed by atoms with Crippen molar-refractivity contribution >= 4 is 43.2 Å². The lowest BCUT2D eigenvalue weighted by molar-refractivity contribution is 0.0702. The van der Waals surface area contributed by atoms with E-state index in [1.807, 2.05) is 11.4 Å². The van der Waals surface area contributed by atoms with Crippen molar-refractivity contribution < 1.29 is 13.2 Å². The Morgan fingerprint density at radius 1 is 1.37 bits per heavy atom. The van der Waals surface area contributed by atoms with Crippen LogP contribution in [0.5, 0.6) is 0 Å². The van der Waals surface area contributed by atoms with Gasteiger partial charge in [0, 0.05) is 30.7 Å². The Balaban J connectivity index is 2.01. The van der Waals surface area contributed by atoms with Crippen molar-refractivity contribution in [1.29, 1.82) is 0 Å². The second kappa shape index (κ2) is 5.90. The van der Waals surface area contributed by atoms with Gasteiger partial charge in [-0.1, -0.05) is 0 Å². The van der Waals surface area contributed by atoms with E-state index in [9.17, 15) is 13.2 Å². The van der Waals surface area contributed by atoms with Crippen molar-refractivity contribution in [2.75, 3.05) is 31.9 Å². The molecule has 19 heavy (non-hydrogen) atoms. The molecule has 5 nitrogen and oxygen atoms in total. The highest BCUT2D eigenvalue weighted by atomic mass is 79.9. The fraction of sp³-hybridized carbons (Fsp3) is 0.545. The third-order valence-electron chi connectivity index (χ3n) is 3.10. The molecule has 0 aromatic carbocycles. The highest BCUT2D eigenvalue weighted by Gasteiger charge is 2.28. The minimum Gasteiger partial charge on any atom is -0.335 e. The Kier molecular flexibility index (Phi) is 4.65. The molecule has 0 unspecified atom stereocenters. The van der Waals surface area contributed by atoms with Crippen molar-refractivity contribution in [3.8, 4) is 0 Å². The molecule has 0 saturated carbocycles. The highest BCUT2D eigenvalue weighted by molar-refractivity contribution is 9.10. The number of hydrogen-bond donors (Lipinski definition) is 0. The summed E-state index contributed by atoms with van der Waals surface area (Å²) in [6.07, 6.45) is 0. The van der Waals surface area contributed by atoms with Gasteiger partial charge in [0.2, 0.25) is 10.0 Å². The fourth-order valence-corrected chi connectivity index (χ4v) is 4.53. The van der Waals surface area contributed by atoms with E-state index in [-0.39, 0.29) is 11.7 Å². The maximum atomic E-state index is 12.2. The molecule has 0 atom stereocenters. The first-order valence-corrected chi connectivity index (χ1v) is 9.24. The van der Waals surface area contributed by atoms with Gasteiger partial charge in [-0.3, -0.25) is 4.79 Å². The molecule has 2 heterocycles. The lowest BCUT2D eigenvalue weighted by Gasteiger charge is -2.33. The molecule has 2 rings (SSSR count). The first-order chi connectivity index (χ1) is 8.95. The normalized spacial score (nSPS) is 17.7. The quantitative estimate of drug-likeness (QED) is 0.816. The number of hydrogen-bond acceptors (Lipinski definition) is 4. The summed E-state index contributed by atoms with van der Waals surface area (Å²) < 4.78 is 25.7. The summed E-state index contributed by atoms with van der Waals surface area (Å²) in [6.45, 7) is 3.29. The number of piperazine rings is 1. The molecule has 1 aliphatic rings. The average Bonchev–Trinajstić information content (AvgIpc) is 2.84. The predicted molar refractivity (Wildman–Crippen MR) is 79.0 cm³/mol. The van der Waals surface area contributed by atoms with E-state index in [0.717, 1.165) is 4.47 Å². The molecule has 0 radical (unpaired) electrons. The summed E-state index contributed by atoms with van der Waals surface area (Å²) in [5.74, 6) is 0.0765. The van der Waals surface area contributed by atoms with E-state index < -0.39 is 10.0 Å². The van der Waals surface area contributed by atoms with Crippen molar-refractivity contribution in [3.05, 3.63) is 20.8 Å². The van der Waals surface area contributed by atoms with Gasteiger partial charge in [0.15, 0.2) is 0 Å². The van der Waals surface area contributed by atoms with Crippen molar-refractivity contribution in [2.45, 2.75) is 6.92 Å². The lowest BCUT2D eigenvalue weighted by atomic mass is 10.3. The number of carbonyl (C=O) groups is 1. The number of rotatable bonds is 3. The molecule has 1 fully saturated rings. The Bertz CT molecular complexity index is 562. The van der Waals surface area contributed by atoms with Crippen LogP contribution in [-0.2, 0) is 10.0 Å². The van der Waals surface area contributed by atoms with Crippen LogP contribution in [0.4, 0.5) is 0 Å². The monoisotopic (exact) mass is 366 g/mol. The van der Waals surface area contributed by atoms with Crippen LogP contribution in [-0.4, -0.2) is 55.5 Å². The third kappa shape index (κ3) is 3.18. The summed E-state index contributed by atoms with van der Waals surface area (Å²) in [5.41, 5.74) is 0. The molecule has 0 spiro atoms. The lowest BCUT2D eigenvalue weighted by Crippen LogP contribution is -2.50. The van der Waals surface area contributed by atoms with Crippen LogP contribution >= 0.6 is 27.3 Å². The summed E-state index contributed by atoms with van der Waals surface area (Å²) in [7, 11) is -3.14. The maximum absolute atomic E-state index is 12.2. The van der Waals surface area contributed by atoms with Gasteiger partial charge in [-0.05, 0) is 34.3 Å². The van der Waals surface area contributed by atoms with Gasteiger partial charge in [0.1, 0.15) is 4.88 Å². The van der Waals surface area contributed by atoms with Crippen LogP contribution in [0.3, 0.4) is 0 Å². The van der Waals surface area contributed by atoms with E-state index in [1.54, 1.807) is 11.8 Å². The molecular formula is C11H15BrN2O3S2. The van der Waals surface area contributed by atoms with Gasteiger partial charge in [-0.25, -0.2) is 8.42 Å². The highest BCUT2D eigenvalue weighted by Crippen LogP contribution is 2.24. The summed E-state index contributed by atoms with van der Waals surface area (Å²) in [4.78, 5) is 14.6. The zero-order valence-electron chi connectivity index (χ0n) is 10.5. The van der Waals surface area contributed by atoms with Gasteiger partial charge in [-0.15, -0.1) is 11.3 Å². The molecule has 106 valence electrons. The smallest absolute Gasteiger partial charge is 0.265 e. The predicted octanol–water partition coefficient (Wildman–Crippen LogP) is 1.62. The van der Waals surface area contributed by atoms with Crippen LogP contribution in [0.25, 0.3) is 0 Å². The second-order valence-corrected chi connectivity index (χ2v) is 8.22. The summed E-state index contributed by atoms with van der Waals surface area (Å²) in [6, 6.07) is 1.84. The molecule has 1 amide bonds. The zero-order chi connectivity index (χ0) is 14.0. The molecular weight excluding hydrogens is 352 g/mol. The molecule has 8 heteroatoms. The van der Waals surface area contributed by atoms with Crippen molar-refractivity contribution in [1.82, 2.24) is 9.21 Å². The summed E-state index contributed by atoms with van der Waals surface area (Å²) >= 11 is 4.74. The van der Waals surface area contributed by atoms with Gasteiger partial charge in [0.05, 0.1) is 5.75 Å². The third-order valence-corrected chi connectivity index (χ3v) is 6.80. The SMILES string of the molecule is CCS(=O)(=O)N1CCN(C(=O)c2sccc2Br)CC1. The van der Waals surface area contributed by atoms with Gasteiger partial charge in [-0.2, -0.15) is 4.31 Å². The van der Waals surface area contributed by atoms with Crippen molar-refractivity contribution in [2.24, 2.45) is 0 Å². The van der Waals surface area contributed by atoms with Gasteiger partial charge in [0.25, 0.3) is 5.91 Å². The van der Waals surface area contributed by atoms with Crippen LogP contribution in [0.1, 0.15) is 16.6 Å². The van der Waals surface area contributed by atoms with Gasteiger partial charge < -0.3 is 4.90 Å². The average molecular weight is 367 g/mol. The van der Waals surface area contributed by atoms with E-state index >= 15 is 0 Å². The standard InChI is InChI=1S/C11H15BrN2O3S2/c1-2-19(16,17)14-6-4-13(5-7-14)11(15)10-9(12)3-8-18-10/h3,8H,2,4-7H2,1H3. The van der Waals surface area contributed by atoms with Crippen LogP contribution in [0, 0.1) is 0 Å². The van der Waals surface area contributed by atoms with Gasteiger partial charge >= 0.3 is 0 Å². The number of carbonyl (C=O) groups excluding carboxylic acids is 1. The van der Waals surface area contributed by atoms with Crippen LogP contribution in [0.15, 0.2) is 15.9 Å². The van der Waals surface area contributed by atoms with E-state index in [2.05, 4.69) is 15.9 Å². The first-order valence-electron chi connectivity index (χ1n) is 5.96. The zero-order valence-corrected chi connectivity index (χ0v) is 13.7. The number of thiophene rings is 1. The van der Waals surface area contributed by atoms with E-state index in [0.29, 0.717) is 31.1 Å². The number of halogens is 1. The molecule has 1 aliphatic heterocycles. The Labute approximate surface area is 125 Å². The molecule has 1 saturated heterocycles. The number of amides is 1. The molecule has 1 aromatic heterocycles. The Morgan fingerprint density at radius 3 is 2.47 bits per heavy atom. The topological polar surface area (TPSA) is 57.7 Å². The van der Waals surface area contributed by atoms with Crippen LogP contribution in [0.2, 0.25) is 0 Å². The summed E-state index contributed by atoms with van der Waals surface area (Å²) in [5, 5.41) is 1.86. The minimum atomic E-state index is -3.14. The molecule has 0 bridgehead atoms. The number of nitrogens with zero attached hydrogens (tertiary/aromatic N) is 2. The molecule has 0 aliphatic carbocycles. The Morgan fingerprint density at radius 2 is 2.00 bits per heavy atom. The Hall–Kier alpha value is -0.440. The van der Waals surface area contributed by atoms with Crippen molar-refractivity contribution in [3.63, 3.8) is 0 Å². The largest absolute Gasteiger partial charge is 0.335 e.